The molecule has 1 aliphatic heterocycles. The van der Waals surface area contributed by atoms with Gasteiger partial charge >= 0.3 is 12.1 Å². The van der Waals surface area contributed by atoms with Gasteiger partial charge in [-0.2, -0.15) is 0 Å². The van der Waals surface area contributed by atoms with Gasteiger partial charge in [0.2, 0.25) is 6.10 Å². The molecule has 0 aromatic rings. The summed E-state index contributed by atoms with van der Waals surface area (Å²) in [6, 6.07) is 0. The van der Waals surface area contributed by atoms with Gasteiger partial charge in [-0.1, -0.05) is 13.8 Å². The van der Waals surface area contributed by atoms with Gasteiger partial charge in [0.05, 0.1) is 6.61 Å². The van der Waals surface area contributed by atoms with E-state index >= 15 is 0 Å². The average molecular weight is 202 g/mol. The van der Waals surface area contributed by atoms with Crippen molar-refractivity contribution in [3.05, 3.63) is 0 Å². The third-order valence-corrected chi connectivity index (χ3v) is 1.99. The Bertz CT molecular complexity index is 246. The average Bonchev–Trinajstić information content (AvgIpc) is 2.32. The lowest BCUT2D eigenvalue weighted by Crippen LogP contribution is -2.35. The van der Waals surface area contributed by atoms with E-state index in [0.717, 1.165) is 0 Å². The first-order valence-corrected chi connectivity index (χ1v) is 4.47. The molecule has 1 fully saturated rings. The molecule has 1 rings (SSSR count). The summed E-state index contributed by atoms with van der Waals surface area (Å²) >= 11 is 0. The first kappa shape index (κ1) is 10.8. The monoisotopic (exact) mass is 202 g/mol. The predicted octanol–water partition coefficient (Wildman–Crippen LogP) is 1.11. The molecule has 5 nitrogen and oxygen atoms in total. The van der Waals surface area contributed by atoms with Crippen molar-refractivity contribution >= 4 is 12.1 Å². The van der Waals surface area contributed by atoms with Crippen molar-refractivity contribution in [3.8, 4) is 0 Å². The van der Waals surface area contributed by atoms with Crippen LogP contribution in [-0.4, -0.2) is 31.4 Å². The maximum atomic E-state index is 11.2. The molecule has 0 saturated carbocycles. The van der Waals surface area contributed by atoms with Crippen LogP contribution in [0.1, 0.15) is 20.8 Å². The van der Waals surface area contributed by atoms with E-state index in [4.69, 9.17) is 9.47 Å². The van der Waals surface area contributed by atoms with Crippen molar-refractivity contribution in [2.45, 2.75) is 26.9 Å². The minimum atomic E-state index is -0.860. The zero-order chi connectivity index (χ0) is 10.8. The number of cyclic esters (lactones) is 1. The van der Waals surface area contributed by atoms with Gasteiger partial charge in [0.25, 0.3) is 0 Å². The Kier molecular flexibility index (Phi) is 2.98. The highest BCUT2D eigenvalue weighted by Crippen LogP contribution is 2.31. The molecule has 0 spiro atoms. The molecule has 0 amide bonds. The summed E-state index contributed by atoms with van der Waals surface area (Å²) in [5.41, 5.74) is -0.482. The molecule has 0 bridgehead atoms. The van der Waals surface area contributed by atoms with Crippen LogP contribution in [0.3, 0.4) is 0 Å². The van der Waals surface area contributed by atoms with Crippen LogP contribution < -0.4 is 0 Å². The zero-order valence-electron chi connectivity index (χ0n) is 8.53. The van der Waals surface area contributed by atoms with Gasteiger partial charge in [-0.05, 0) is 6.92 Å². The van der Waals surface area contributed by atoms with E-state index in [9.17, 15) is 9.59 Å². The predicted molar refractivity (Wildman–Crippen MR) is 46.6 cm³/mol. The SMILES string of the molecule is CCOC(=O)O[C@@H]1C(=O)OCC1(C)C. The van der Waals surface area contributed by atoms with Crippen molar-refractivity contribution in [3.63, 3.8) is 0 Å². The maximum absolute atomic E-state index is 11.2. The van der Waals surface area contributed by atoms with E-state index in [1.165, 1.54) is 0 Å². The Hall–Kier alpha value is -1.26. The van der Waals surface area contributed by atoms with Crippen molar-refractivity contribution in [1.82, 2.24) is 0 Å². The lowest BCUT2D eigenvalue weighted by Gasteiger charge is -2.20. The second-order valence-electron chi connectivity index (χ2n) is 3.78. The number of carbonyl (C=O) groups excluding carboxylic acids is 2. The Balaban J connectivity index is 2.58. The fourth-order valence-corrected chi connectivity index (χ4v) is 1.18. The summed E-state index contributed by atoms with van der Waals surface area (Å²) in [6.45, 7) is 5.74. The lowest BCUT2D eigenvalue weighted by atomic mass is 9.90. The van der Waals surface area contributed by atoms with Crippen LogP contribution in [-0.2, 0) is 19.0 Å². The zero-order valence-corrected chi connectivity index (χ0v) is 8.53. The number of ether oxygens (including phenoxy) is 3. The van der Waals surface area contributed by atoms with Gasteiger partial charge < -0.3 is 14.2 Å². The van der Waals surface area contributed by atoms with Gasteiger partial charge in [-0.3, -0.25) is 0 Å². The molecule has 1 saturated heterocycles. The lowest BCUT2D eigenvalue weighted by molar-refractivity contribution is -0.146. The van der Waals surface area contributed by atoms with E-state index < -0.39 is 23.6 Å². The molecular formula is C9H14O5. The highest BCUT2D eigenvalue weighted by Gasteiger charge is 2.46. The van der Waals surface area contributed by atoms with Crippen LogP contribution in [0.5, 0.6) is 0 Å². The van der Waals surface area contributed by atoms with Crippen molar-refractivity contribution in [2.24, 2.45) is 5.41 Å². The van der Waals surface area contributed by atoms with Crippen molar-refractivity contribution in [1.29, 1.82) is 0 Å². The van der Waals surface area contributed by atoms with Gasteiger partial charge in [-0.15, -0.1) is 0 Å². The molecule has 5 heteroatoms. The molecule has 0 N–H and O–H groups in total. The number of hydrogen-bond donors (Lipinski definition) is 0. The quantitative estimate of drug-likeness (QED) is 0.628. The van der Waals surface area contributed by atoms with Crippen molar-refractivity contribution < 1.29 is 23.8 Å². The summed E-state index contributed by atoms with van der Waals surface area (Å²) in [4.78, 5) is 22.2. The summed E-state index contributed by atoms with van der Waals surface area (Å²) in [5.74, 6) is -0.511. The summed E-state index contributed by atoms with van der Waals surface area (Å²) in [7, 11) is 0. The van der Waals surface area contributed by atoms with Crippen LogP contribution in [0.25, 0.3) is 0 Å². The molecule has 14 heavy (non-hydrogen) atoms. The molecule has 0 aromatic carbocycles. The molecular weight excluding hydrogens is 188 g/mol. The van der Waals surface area contributed by atoms with Crippen LogP contribution in [0.4, 0.5) is 4.79 Å². The first-order chi connectivity index (χ1) is 6.47. The standard InChI is InChI=1S/C9H14O5/c1-4-12-8(11)14-6-7(10)13-5-9(6,2)3/h6H,4-5H2,1-3H3/t6-/m1/s1. The second kappa shape index (κ2) is 3.86. The maximum Gasteiger partial charge on any atom is 0.509 e. The smallest absolute Gasteiger partial charge is 0.462 e. The number of carbonyl (C=O) groups is 2. The largest absolute Gasteiger partial charge is 0.509 e. The molecule has 1 aliphatic rings. The van der Waals surface area contributed by atoms with E-state index in [0.29, 0.717) is 0 Å². The normalized spacial score (nSPS) is 24.2. The molecule has 0 radical (unpaired) electrons. The van der Waals surface area contributed by atoms with Crippen molar-refractivity contribution in [2.75, 3.05) is 13.2 Å². The van der Waals surface area contributed by atoms with E-state index in [2.05, 4.69) is 4.74 Å². The summed E-state index contributed by atoms with van der Waals surface area (Å²) < 4.78 is 14.2. The Morgan fingerprint density at radius 1 is 1.64 bits per heavy atom. The third kappa shape index (κ3) is 2.16. The topological polar surface area (TPSA) is 61.8 Å². The summed E-state index contributed by atoms with van der Waals surface area (Å²) in [6.07, 6.45) is -1.69. The minimum Gasteiger partial charge on any atom is -0.462 e. The molecule has 0 aromatic heterocycles. The minimum absolute atomic E-state index is 0.223. The van der Waals surface area contributed by atoms with E-state index in [1.807, 2.05) is 0 Å². The van der Waals surface area contributed by atoms with Gasteiger partial charge in [0, 0.05) is 5.41 Å². The molecule has 80 valence electrons. The Morgan fingerprint density at radius 3 is 2.71 bits per heavy atom. The summed E-state index contributed by atoms with van der Waals surface area (Å²) in [5, 5.41) is 0. The second-order valence-corrected chi connectivity index (χ2v) is 3.78. The molecule has 0 aliphatic carbocycles. The fraction of sp³-hybridized carbons (Fsp3) is 0.778. The Labute approximate surface area is 82.3 Å². The third-order valence-electron chi connectivity index (χ3n) is 1.99. The molecule has 1 atom stereocenters. The van der Waals surface area contributed by atoms with Crippen LogP contribution in [0, 0.1) is 5.41 Å². The van der Waals surface area contributed by atoms with Crippen LogP contribution in [0.2, 0.25) is 0 Å². The van der Waals surface area contributed by atoms with Crippen LogP contribution in [0.15, 0.2) is 0 Å². The number of rotatable bonds is 2. The molecule has 0 unspecified atom stereocenters. The van der Waals surface area contributed by atoms with Gasteiger partial charge in [0.15, 0.2) is 0 Å². The number of esters is 1. The van der Waals surface area contributed by atoms with Gasteiger partial charge in [0.1, 0.15) is 6.61 Å². The number of hydrogen-bond acceptors (Lipinski definition) is 5. The molecule has 1 heterocycles. The van der Waals surface area contributed by atoms with Gasteiger partial charge in [-0.25, -0.2) is 9.59 Å². The fourth-order valence-electron chi connectivity index (χ4n) is 1.18. The highest BCUT2D eigenvalue weighted by molar-refractivity contribution is 5.80. The Morgan fingerprint density at radius 2 is 2.29 bits per heavy atom. The van der Waals surface area contributed by atoms with E-state index in [1.54, 1.807) is 20.8 Å². The van der Waals surface area contributed by atoms with E-state index in [-0.39, 0.29) is 13.2 Å². The highest BCUT2D eigenvalue weighted by atomic mass is 16.7. The first-order valence-electron chi connectivity index (χ1n) is 4.47. The van der Waals surface area contributed by atoms with Crippen LogP contribution >= 0.6 is 0 Å².